The second kappa shape index (κ2) is 4.79. The first-order valence-electron chi connectivity index (χ1n) is 5.49. The molecule has 3 nitrogen and oxygen atoms in total. The molecule has 0 aromatic carbocycles. The summed E-state index contributed by atoms with van der Waals surface area (Å²) in [5.74, 6) is -0.0316. The third-order valence-corrected chi connectivity index (χ3v) is 3.21. The molecule has 1 aliphatic carbocycles. The number of hydrogen-bond donors (Lipinski definition) is 1. The topological polar surface area (TPSA) is 46.5 Å². The molecule has 0 spiro atoms. The van der Waals surface area contributed by atoms with Crippen molar-refractivity contribution in [3.8, 4) is 0 Å². The van der Waals surface area contributed by atoms with Crippen molar-refractivity contribution in [2.75, 3.05) is 0 Å². The van der Waals surface area contributed by atoms with Crippen molar-refractivity contribution in [2.45, 2.75) is 51.2 Å². The quantitative estimate of drug-likeness (QED) is 0.575. The number of carbonyl (C=O) groups excluding carboxylic acids is 1. The van der Waals surface area contributed by atoms with Crippen molar-refractivity contribution in [1.29, 1.82) is 0 Å². The lowest BCUT2D eigenvalue weighted by atomic mass is 9.78. The van der Waals surface area contributed by atoms with Crippen LogP contribution >= 0.6 is 0 Å². The molecule has 0 heterocycles. The zero-order chi connectivity index (χ0) is 11.5. The van der Waals surface area contributed by atoms with Crippen molar-refractivity contribution in [3.63, 3.8) is 0 Å². The summed E-state index contributed by atoms with van der Waals surface area (Å²) in [4.78, 5) is 11.1. The molecule has 1 fully saturated rings. The fraction of sp³-hybridized carbons (Fsp3) is 0.750. The molecule has 1 aliphatic rings. The Morgan fingerprint density at radius 3 is 2.40 bits per heavy atom. The van der Waals surface area contributed by atoms with E-state index in [1.807, 2.05) is 13.8 Å². The van der Waals surface area contributed by atoms with Crippen molar-refractivity contribution in [2.24, 2.45) is 5.92 Å². The number of aliphatic hydroxyl groups is 1. The Morgan fingerprint density at radius 2 is 1.93 bits per heavy atom. The third kappa shape index (κ3) is 3.34. The first-order chi connectivity index (χ1) is 6.95. The summed E-state index contributed by atoms with van der Waals surface area (Å²) in [6.07, 6.45) is 4.46. The number of ether oxygens (including phenoxy) is 1. The standard InChI is InChI=1S/C12H20O3/c1-4-11(14)15-12(2,3)9-5-7-10(13)8-6-9/h4,9-10,13H,1,5-8H2,2-3H3. The molecular weight excluding hydrogens is 192 g/mol. The Labute approximate surface area is 91.1 Å². The number of esters is 1. The van der Waals surface area contributed by atoms with Crippen LogP contribution in [-0.2, 0) is 9.53 Å². The lowest BCUT2D eigenvalue weighted by molar-refractivity contribution is -0.157. The number of rotatable bonds is 3. The molecule has 0 saturated heterocycles. The smallest absolute Gasteiger partial charge is 0.330 e. The Balaban J connectivity index is 2.53. The second-order valence-electron chi connectivity index (χ2n) is 4.73. The summed E-state index contributed by atoms with van der Waals surface area (Å²) in [5, 5.41) is 9.40. The highest BCUT2D eigenvalue weighted by molar-refractivity contribution is 5.81. The lowest BCUT2D eigenvalue weighted by Gasteiger charge is -2.37. The van der Waals surface area contributed by atoms with Crippen LogP contribution in [0, 0.1) is 5.92 Å². The lowest BCUT2D eigenvalue weighted by Crippen LogP contribution is -2.39. The molecule has 86 valence electrons. The predicted molar refractivity (Wildman–Crippen MR) is 58.3 cm³/mol. The van der Waals surface area contributed by atoms with Crippen molar-refractivity contribution < 1.29 is 14.6 Å². The zero-order valence-corrected chi connectivity index (χ0v) is 9.53. The van der Waals surface area contributed by atoms with Gasteiger partial charge >= 0.3 is 5.97 Å². The molecule has 0 aromatic heterocycles. The van der Waals surface area contributed by atoms with Gasteiger partial charge in [-0.3, -0.25) is 0 Å². The van der Waals surface area contributed by atoms with E-state index in [0.29, 0.717) is 5.92 Å². The minimum absolute atomic E-state index is 0.174. The number of carbonyl (C=O) groups is 1. The Hall–Kier alpha value is -0.830. The van der Waals surface area contributed by atoms with Gasteiger partial charge in [-0.05, 0) is 45.4 Å². The van der Waals surface area contributed by atoms with E-state index in [1.165, 1.54) is 6.08 Å². The Bertz CT molecular complexity index is 237. The molecule has 0 radical (unpaired) electrons. The normalized spacial score (nSPS) is 27.1. The summed E-state index contributed by atoms with van der Waals surface area (Å²) >= 11 is 0. The zero-order valence-electron chi connectivity index (χ0n) is 9.53. The summed E-state index contributed by atoms with van der Waals surface area (Å²) in [6, 6.07) is 0. The maximum absolute atomic E-state index is 11.1. The van der Waals surface area contributed by atoms with Gasteiger partial charge in [-0.1, -0.05) is 6.58 Å². The van der Waals surface area contributed by atoms with Gasteiger partial charge in [0.2, 0.25) is 0 Å². The summed E-state index contributed by atoms with van der Waals surface area (Å²) in [7, 11) is 0. The van der Waals surface area contributed by atoms with Gasteiger partial charge in [0, 0.05) is 6.08 Å². The van der Waals surface area contributed by atoms with Gasteiger partial charge in [-0.25, -0.2) is 4.79 Å². The maximum Gasteiger partial charge on any atom is 0.330 e. The monoisotopic (exact) mass is 212 g/mol. The molecule has 0 bridgehead atoms. The highest BCUT2D eigenvalue weighted by Gasteiger charge is 2.35. The minimum atomic E-state index is -0.453. The summed E-state index contributed by atoms with van der Waals surface area (Å²) in [6.45, 7) is 7.24. The van der Waals surface area contributed by atoms with E-state index in [1.54, 1.807) is 0 Å². The van der Waals surface area contributed by atoms with E-state index in [2.05, 4.69) is 6.58 Å². The van der Waals surface area contributed by atoms with Crippen LogP contribution < -0.4 is 0 Å². The van der Waals surface area contributed by atoms with Crippen LogP contribution in [-0.4, -0.2) is 22.8 Å². The molecule has 3 heteroatoms. The van der Waals surface area contributed by atoms with Gasteiger partial charge in [-0.15, -0.1) is 0 Å². The largest absolute Gasteiger partial charge is 0.456 e. The Kier molecular flexibility index (Phi) is 3.91. The van der Waals surface area contributed by atoms with Gasteiger partial charge in [0.05, 0.1) is 6.10 Å². The fourth-order valence-corrected chi connectivity index (χ4v) is 2.16. The summed E-state index contributed by atoms with van der Waals surface area (Å²) in [5.41, 5.74) is -0.453. The van der Waals surface area contributed by atoms with Gasteiger partial charge in [-0.2, -0.15) is 0 Å². The molecule has 0 unspecified atom stereocenters. The minimum Gasteiger partial charge on any atom is -0.456 e. The average molecular weight is 212 g/mol. The predicted octanol–water partition coefficient (Wildman–Crippen LogP) is 2.05. The molecule has 0 aromatic rings. The van der Waals surface area contributed by atoms with E-state index < -0.39 is 5.60 Å². The van der Waals surface area contributed by atoms with Gasteiger partial charge < -0.3 is 9.84 Å². The van der Waals surface area contributed by atoms with Crippen LogP contribution in [0.3, 0.4) is 0 Å². The van der Waals surface area contributed by atoms with Crippen LogP contribution in [0.2, 0.25) is 0 Å². The first kappa shape index (κ1) is 12.2. The summed E-state index contributed by atoms with van der Waals surface area (Å²) < 4.78 is 5.32. The van der Waals surface area contributed by atoms with Crippen molar-refractivity contribution in [3.05, 3.63) is 12.7 Å². The Morgan fingerprint density at radius 1 is 1.40 bits per heavy atom. The van der Waals surface area contributed by atoms with Crippen molar-refractivity contribution >= 4 is 5.97 Å². The molecule has 15 heavy (non-hydrogen) atoms. The first-order valence-corrected chi connectivity index (χ1v) is 5.49. The SMILES string of the molecule is C=CC(=O)OC(C)(C)C1CCC(O)CC1. The van der Waals surface area contributed by atoms with Crippen LogP contribution in [0.5, 0.6) is 0 Å². The van der Waals surface area contributed by atoms with E-state index in [0.717, 1.165) is 25.7 Å². The number of hydrogen-bond acceptors (Lipinski definition) is 3. The molecule has 1 rings (SSSR count). The van der Waals surface area contributed by atoms with Crippen LogP contribution in [0.4, 0.5) is 0 Å². The van der Waals surface area contributed by atoms with Gasteiger partial charge in [0.25, 0.3) is 0 Å². The molecule has 1 N–H and O–H groups in total. The van der Waals surface area contributed by atoms with E-state index in [9.17, 15) is 9.90 Å². The molecular formula is C12H20O3. The van der Waals surface area contributed by atoms with Gasteiger partial charge in [0.1, 0.15) is 5.60 Å². The third-order valence-electron chi connectivity index (χ3n) is 3.21. The second-order valence-corrected chi connectivity index (χ2v) is 4.73. The fourth-order valence-electron chi connectivity index (χ4n) is 2.16. The molecule has 1 saturated carbocycles. The highest BCUT2D eigenvalue weighted by Crippen LogP contribution is 2.34. The average Bonchev–Trinajstić information content (AvgIpc) is 2.17. The molecule has 0 atom stereocenters. The highest BCUT2D eigenvalue weighted by atomic mass is 16.6. The maximum atomic E-state index is 11.1. The molecule has 0 amide bonds. The van der Waals surface area contributed by atoms with Crippen LogP contribution in [0.15, 0.2) is 12.7 Å². The van der Waals surface area contributed by atoms with E-state index >= 15 is 0 Å². The van der Waals surface area contributed by atoms with Crippen LogP contribution in [0.1, 0.15) is 39.5 Å². The van der Waals surface area contributed by atoms with Crippen molar-refractivity contribution in [1.82, 2.24) is 0 Å². The number of aliphatic hydroxyl groups excluding tert-OH is 1. The van der Waals surface area contributed by atoms with Crippen LogP contribution in [0.25, 0.3) is 0 Å². The van der Waals surface area contributed by atoms with Gasteiger partial charge in [0.15, 0.2) is 0 Å². The van der Waals surface area contributed by atoms with E-state index in [4.69, 9.17) is 4.74 Å². The molecule has 0 aliphatic heterocycles. The van der Waals surface area contributed by atoms with E-state index in [-0.39, 0.29) is 12.1 Å².